The molecule has 1 atom stereocenters. The third kappa shape index (κ3) is 1.50. The molecule has 5 heteroatoms. The molecule has 0 aliphatic rings. The third-order valence-electron chi connectivity index (χ3n) is 2.45. The monoisotopic (exact) mass is 230 g/mol. The average molecular weight is 230 g/mol. The van der Waals surface area contributed by atoms with Gasteiger partial charge in [0.25, 0.3) is 0 Å². The highest BCUT2D eigenvalue weighted by atomic mass is 32.1. The van der Waals surface area contributed by atoms with Crippen LogP contribution in [0, 0.1) is 0 Å². The van der Waals surface area contributed by atoms with Gasteiger partial charge in [0.2, 0.25) is 0 Å². The Bertz CT molecular complexity index is 566. The fourth-order valence-electron chi connectivity index (χ4n) is 1.63. The molecule has 3 rings (SSSR count). The van der Waals surface area contributed by atoms with Crippen LogP contribution in [0.2, 0.25) is 0 Å². The number of H-pyrrole nitrogens is 1. The lowest BCUT2D eigenvalue weighted by molar-refractivity contribution is 0.822. The lowest BCUT2D eigenvalue weighted by atomic mass is 10.2. The number of rotatable bonds is 2. The number of fused-ring (bicyclic) bond motifs is 1. The van der Waals surface area contributed by atoms with Crippen LogP contribution < -0.4 is 5.73 Å². The normalized spacial score (nSPS) is 13.1. The summed E-state index contributed by atoms with van der Waals surface area (Å²) in [5, 5.41) is 2.01. The summed E-state index contributed by atoms with van der Waals surface area (Å²) in [5.74, 6) is 0.783. The molecule has 0 fully saturated rings. The summed E-state index contributed by atoms with van der Waals surface area (Å²) in [6.07, 6.45) is 3.48. The maximum Gasteiger partial charge on any atom is 0.129 e. The Kier molecular flexibility index (Phi) is 2.19. The molecule has 0 radical (unpaired) electrons. The van der Waals surface area contributed by atoms with Gasteiger partial charge >= 0.3 is 0 Å². The van der Waals surface area contributed by atoms with E-state index in [0.717, 1.165) is 21.7 Å². The van der Waals surface area contributed by atoms with Crippen molar-refractivity contribution in [2.75, 3.05) is 0 Å². The zero-order chi connectivity index (χ0) is 11.0. The quantitative estimate of drug-likeness (QED) is 0.708. The van der Waals surface area contributed by atoms with Crippen molar-refractivity contribution < 1.29 is 0 Å². The Hall–Kier alpha value is -1.72. The van der Waals surface area contributed by atoms with Crippen molar-refractivity contribution in [1.29, 1.82) is 0 Å². The van der Waals surface area contributed by atoms with Crippen LogP contribution in [0.25, 0.3) is 11.0 Å². The Morgan fingerprint density at radius 1 is 1.38 bits per heavy atom. The number of hydrogen-bond acceptors (Lipinski definition) is 4. The van der Waals surface area contributed by atoms with Crippen molar-refractivity contribution in [3.8, 4) is 0 Å². The lowest BCUT2D eigenvalue weighted by Gasteiger charge is -2.04. The molecular formula is C11H10N4S. The number of nitrogens with two attached hydrogens (primary N) is 1. The molecule has 0 bridgehead atoms. The minimum absolute atomic E-state index is 0.188. The van der Waals surface area contributed by atoms with Crippen LogP contribution in [0.4, 0.5) is 0 Å². The molecule has 0 saturated carbocycles. The molecule has 0 aliphatic heterocycles. The summed E-state index contributed by atoms with van der Waals surface area (Å²) in [7, 11) is 0. The zero-order valence-electron chi connectivity index (χ0n) is 8.42. The summed E-state index contributed by atoms with van der Waals surface area (Å²) < 4.78 is 0. The minimum atomic E-state index is -0.188. The second kappa shape index (κ2) is 3.70. The average Bonchev–Trinajstić information content (AvgIpc) is 2.97. The Morgan fingerprint density at radius 2 is 2.31 bits per heavy atom. The van der Waals surface area contributed by atoms with E-state index in [1.165, 1.54) is 0 Å². The van der Waals surface area contributed by atoms with Crippen LogP contribution in [-0.4, -0.2) is 15.0 Å². The highest BCUT2D eigenvalue weighted by Gasteiger charge is 2.13. The Morgan fingerprint density at radius 3 is 3.06 bits per heavy atom. The van der Waals surface area contributed by atoms with Crippen LogP contribution in [0.3, 0.4) is 0 Å². The van der Waals surface area contributed by atoms with Gasteiger partial charge in [0.1, 0.15) is 5.82 Å². The van der Waals surface area contributed by atoms with Crippen molar-refractivity contribution in [2.24, 2.45) is 5.73 Å². The second-order valence-electron chi connectivity index (χ2n) is 3.51. The van der Waals surface area contributed by atoms with Gasteiger partial charge in [-0.15, -0.1) is 11.3 Å². The van der Waals surface area contributed by atoms with E-state index in [1.807, 2.05) is 23.6 Å². The van der Waals surface area contributed by atoms with E-state index < -0.39 is 0 Å². The van der Waals surface area contributed by atoms with Gasteiger partial charge in [0, 0.05) is 11.1 Å². The minimum Gasteiger partial charge on any atom is -0.339 e. The molecule has 3 heterocycles. The molecule has 3 aromatic rings. The first-order chi connectivity index (χ1) is 7.84. The highest BCUT2D eigenvalue weighted by Crippen LogP contribution is 2.23. The van der Waals surface area contributed by atoms with E-state index in [2.05, 4.69) is 15.0 Å². The van der Waals surface area contributed by atoms with Gasteiger partial charge in [-0.1, -0.05) is 6.07 Å². The predicted octanol–water partition coefficient (Wildman–Crippen LogP) is 2.07. The molecule has 3 aromatic heterocycles. The number of hydrogen-bond donors (Lipinski definition) is 2. The molecule has 0 saturated heterocycles. The van der Waals surface area contributed by atoms with Crippen molar-refractivity contribution in [3.63, 3.8) is 0 Å². The van der Waals surface area contributed by atoms with Crippen LogP contribution in [-0.2, 0) is 0 Å². The number of aromatic amines is 1. The highest BCUT2D eigenvalue weighted by molar-refractivity contribution is 7.10. The second-order valence-corrected chi connectivity index (χ2v) is 4.49. The van der Waals surface area contributed by atoms with E-state index in [-0.39, 0.29) is 6.04 Å². The third-order valence-corrected chi connectivity index (χ3v) is 3.40. The van der Waals surface area contributed by atoms with Gasteiger partial charge in [-0.3, -0.25) is 4.98 Å². The molecule has 1 unspecified atom stereocenters. The van der Waals surface area contributed by atoms with Gasteiger partial charge in [0.05, 0.1) is 23.3 Å². The summed E-state index contributed by atoms with van der Waals surface area (Å²) in [6.45, 7) is 0. The van der Waals surface area contributed by atoms with E-state index >= 15 is 0 Å². The van der Waals surface area contributed by atoms with Gasteiger partial charge < -0.3 is 10.7 Å². The van der Waals surface area contributed by atoms with E-state index in [9.17, 15) is 0 Å². The SMILES string of the molecule is NC(c1nc2ccncc2[nH]1)c1cccs1. The summed E-state index contributed by atoms with van der Waals surface area (Å²) in [6, 6.07) is 5.69. The topological polar surface area (TPSA) is 67.6 Å². The first-order valence-corrected chi connectivity index (χ1v) is 5.81. The zero-order valence-corrected chi connectivity index (χ0v) is 9.24. The first-order valence-electron chi connectivity index (χ1n) is 4.93. The van der Waals surface area contributed by atoms with Crippen LogP contribution in [0.5, 0.6) is 0 Å². The summed E-state index contributed by atoms with van der Waals surface area (Å²) in [5.41, 5.74) is 7.94. The Labute approximate surface area is 96.2 Å². The standard InChI is InChI=1S/C11H10N4S/c12-10(9-2-1-5-16-9)11-14-7-3-4-13-6-8(7)15-11/h1-6,10H,12H2,(H,14,15). The van der Waals surface area contributed by atoms with Gasteiger partial charge in [0.15, 0.2) is 0 Å². The molecule has 0 aliphatic carbocycles. The predicted molar refractivity (Wildman–Crippen MR) is 64.2 cm³/mol. The number of imidazole rings is 1. The summed E-state index contributed by atoms with van der Waals surface area (Å²) >= 11 is 1.64. The molecule has 4 nitrogen and oxygen atoms in total. The molecule has 0 amide bonds. The van der Waals surface area contributed by atoms with Crippen LogP contribution in [0.15, 0.2) is 36.0 Å². The fraction of sp³-hybridized carbons (Fsp3) is 0.0909. The van der Waals surface area contributed by atoms with Gasteiger partial charge in [-0.2, -0.15) is 0 Å². The maximum atomic E-state index is 6.12. The number of nitrogens with one attached hydrogen (secondary N) is 1. The maximum absolute atomic E-state index is 6.12. The first kappa shape index (κ1) is 9.50. The van der Waals surface area contributed by atoms with E-state index in [0.29, 0.717) is 0 Å². The van der Waals surface area contributed by atoms with Crippen LogP contribution >= 0.6 is 11.3 Å². The molecule has 3 N–H and O–H groups in total. The number of aromatic nitrogens is 3. The van der Waals surface area contributed by atoms with Gasteiger partial charge in [-0.25, -0.2) is 4.98 Å². The van der Waals surface area contributed by atoms with Crippen molar-refractivity contribution >= 4 is 22.4 Å². The molecular weight excluding hydrogens is 220 g/mol. The number of nitrogens with zero attached hydrogens (tertiary/aromatic N) is 2. The van der Waals surface area contributed by atoms with Crippen molar-refractivity contribution in [3.05, 3.63) is 46.7 Å². The molecule has 0 spiro atoms. The fourth-order valence-corrected chi connectivity index (χ4v) is 2.36. The largest absolute Gasteiger partial charge is 0.339 e. The van der Waals surface area contributed by atoms with Crippen molar-refractivity contribution in [2.45, 2.75) is 6.04 Å². The van der Waals surface area contributed by atoms with E-state index in [4.69, 9.17) is 5.73 Å². The van der Waals surface area contributed by atoms with Crippen LogP contribution in [0.1, 0.15) is 16.7 Å². The Balaban J connectivity index is 2.06. The van der Waals surface area contributed by atoms with Gasteiger partial charge in [-0.05, 0) is 17.5 Å². The molecule has 16 heavy (non-hydrogen) atoms. The summed E-state index contributed by atoms with van der Waals surface area (Å²) in [4.78, 5) is 12.8. The lowest BCUT2D eigenvalue weighted by Crippen LogP contribution is -2.11. The number of pyridine rings is 1. The smallest absolute Gasteiger partial charge is 0.129 e. The van der Waals surface area contributed by atoms with E-state index in [1.54, 1.807) is 23.7 Å². The van der Waals surface area contributed by atoms with Crippen molar-refractivity contribution in [1.82, 2.24) is 15.0 Å². The molecule has 80 valence electrons. The number of thiophene rings is 1. The molecule has 0 aromatic carbocycles.